The van der Waals surface area contributed by atoms with Crippen LogP contribution in [0.2, 0.25) is 0 Å². The Labute approximate surface area is 123 Å². The lowest BCUT2D eigenvalue weighted by Crippen LogP contribution is -2.45. The van der Waals surface area contributed by atoms with Crippen LogP contribution >= 0.6 is 11.8 Å². The van der Waals surface area contributed by atoms with Gasteiger partial charge < -0.3 is 0 Å². The van der Waals surface area contributed by atoms with Crippen LogP contribution in [-0.2, 0) is 11.2 Å². The number of anilines is 1. The Morgan fingerprint density at radius 3 is 2.45 bits per heavy atom. The molecule has 1 unspecified atom stereocenters. The molecule has 1 heterocycles. The van der Waals surface area contributed by atoms with Gasteiger partial charge in [-0.15, -0.1) is 0 Å². The highest BCUT2D eigenvalue weighted by atomic mass is 32.2. The molecule has 0 fully saturated rings. The Hall–Kier alpha value is -1.74. The smallest absolute Gasteiger partial charge is 0.225 e. The molecule has 2 aromatic carbocycles. The molecule has 2 aromatic rings. The predicted octanol–water partition coefficient (Wildman–Crippen LogP) is 4.10. The largest absolute Gasteiger partial charge is 0.296 e. The number of carbonyl (C=O) groups is 1. The number of rotatable bonds is 2. The van der Waals surface area contributed by atoms with E-state index in [0.717, 1.165) is 12.1 Å². The van der Waals surface area contributed by atoms with Crippen LogP contribution < -0.4 is 4.90 Å². The average molecular weight is 283 g/mol. The number of benzene rings is 2. The Kier molecular flexibility index (Phi) is 3.30. The number of carbonyl (C=O) groups excluding carboxylic acids is 1. The number of fused-ring (bicyclic) bond motifs is 1. The maximum absolute atomic E-state index is 12.1. The van der Waals surface area contributed by atoms with Gasteiger partial charge in [0.15, 0.2) is 0 Å². The number of amides is 1. The van der Waals surface area contributed by atoms with Crippen LogP contribution in [0.25, 0.3) is 0 Å². The molecule has 3 heteroatoms. The second kappa shape index (κ2) is 4.98. The number of hydrogen-bond donors (Lipinski definition) is 0. The van der Waals surface area contributed by atoms with Crippen molar-refractivity contribution in [2.24, 2.45) is 0 Å². The molecule has 0 saturated heterocycles. The third kappa shape index (κ3) is 2.22. The van der Waals surface area contributed by atoms with Crippen LogP contribution in [0.4, 0.5) is 5.69 Å². The highest BCUT2D eigenvalue weighted by Crippen LogP contribution is 2.51. The molecule has 0 N–H and O–H groups in total. The van der Waals surface area contributed by atoms with E-state index in [1.807, 2.05) is 41.3 Å². The van der Waals surface area contributed by atoms with Gasteiger partial charge in [0.25, 0.3) is 0 Å². The summed E-state index contributed by atoms with van der Waals surface area (Å²) in [7, 11) is 0. The Morgan fingerprint density at radius 2 is 1.75 bits per heavy atom. The van der Waals surface area contributed by atoms with E-state index in [0.29, 0.717) is 0 Å². The van der Waals surface area contributed by atoms with E-state index in [-0.39, 0.29) is 10.8 Å². The average Bonchev–Trinajstić information content (AvgIpc) is 2.71. The number of nitrogens with zero attached hydrogens (tertiary/aromatic N) is 1. The van der Waals surface area contributed by atoms with Gasteiger partial charge in [-0.3, -0.25) is 9.69 Å². The molecule has 1 aliphatic heterocycles. The SMILES string of the molecule is CC(=O)N1c2ccccc2SC1(C)Cc1ccccc1. The fourth-order valence-electron chi connectivity index (χ4n) is 2.86. The van der Waals surface area contributed by atoms with Crippen molar-refractivity contribution >= 4 is 23.4 Å². The first-order chi connectivity index (χ1) is 9.60. The quantitative estimate of drug-likeness (QED) is 0.827. The van der Waals surface area contributed by atoms with Gasteiger partial charge in [-0.2, -0.15) is 0 Å². The first kappa shape index (κ1) is 13.3. The summed E-state index contributed by atoms with van der Waals surface area (Å²) in [6.07, 6.45) is 0.840. The molecule has 1 atom stereocenters. The van der Waals surface area contributed by atoms with Crippen molar-refractivity contribution in [3.63, 3.8) is 0 Å². The minimum atomic E-state index is -0.253. The van der Waals surface area contributed by atoms with Gasteiger partial charge in [-0.05, 0) is 24.6 Å². The van der Waals surface area contributed by atoms with E-state index in [4.69, 9.17) is 0 Å². The van der Waals surface area contributed by atoms with E-state index in [1.54, 1.807) is 18.7 Å². The van der Waals surface area contributed by atoms with Crippen molar-refractivity contribution in [3.8, 4) is 0 Å². The van der Waals surface area contributed by atoms with E-state index >= 15 is 0 Å². The van der Waals surface area contributed by atoms with Crippen molar-refractivity contribution in [3.05, 3.63) is 60.2 Å². The predicted molar refractivity (Wildman–Crippen MR) is 84.0 cm³/mol. The van der Waals surface area contributed by atoms with Gasteiger partial charge in [0.1, 0.15) is 0 Å². The molecule has 2 nitrogen and oxygen atoms in total. The van der Waals surface area contributed by atoms with Crippen LogP contribution in [0, 0.1) is 0 Å². The Bertz CT molecular complexity index is 640. The van der Waals surface area contributed by atoms with Crippen LogP contribution in [0.5, 0.6) is 0 Å². The summed E-state index contributed by atoms with van der Waals surface area (Å²) in [5.74, 6) is 0.0980. The van der Waals surface area contributed by atoms with Crippen LogP contribution in [-0.4, -0.2) is 10.8 Å². The van der Waals surface area contributed by atoms with Gasteiger partial charge in [-0.1, -0.05) is 54.2 Å². The third-order valence-corrected chi connectivity index (χ3v) is 4.93. The maximum atomic E-state index is 12.1. The van der Waals surface area contributed by atoms with Crippen molar-refractivity contribution in [1.29, 1.82) is 0 Å². The molecular formula is C17H17NOS. The van der Waals surface area contributed by atoms with Gasteiger partial charge in [0, 0.05) is 18.2 Å². The second-order valence-corrected chi connectivity index (χ2v) is 6.79. The van der Waals surface area contributed by atoms with E-state index in [9.17, 15) is 4.79 Å². The highest BCUT2D eigenvalue weighted by Gasteiger charge is 2.42. The molecule has 0 spiro atoms. The zero-order valence-corrected chi connectivity index (χ0v) is 12.5. The first-order valence-electron chi connectivity index (χ1n) is 6.73. The lowest BCUT2D eigenvalue weighted by Gasteiger charge is -2.34. The monoisotopic (exact) mass is 283 g/mol. The Balaban J connectivity index is 1.99. The van der Waals surface area contributed by atoms with Crippen LogP contribution in [0.1, 0.15) is 19.4 Å². The molecule has 0 radical (unpaired) electrons. The first-order valence-corrected chi connectivity index (χ1v) is 7.54. The van der Waals surface area contributed by atoms with E-state index in [2.05, 4.69) is 25.1 Å². The van der Waals surface area contributed by atoms with Gasteiger partial charge >= 0.3 is 0 Å². The second-order valence-electron chi connectivity index (χ2n) is 5.26. The zero-order chi connectivity index (χ0) is 14.2. The number of para-hydroxylation sites is 1. The van der Waals surface area contributed by atoms with Gasteiger partial charge in [-0.25, -0.2) is 0 Å². The maximum Gasteiger partial charge on any atom is 0.225 e. The summed E-state index contributed by atoms with van der Waals surface area (Å²) in [6, 6.07) is 18.5. The van der Waals surface area contributed by atoms with Crippen LogP contribution in [0.15, 0.2) is 59.5 Å². The molecule has 1 amide bonds. The fourth-order valence-corrected chi connectivity index (χ4v) is 4.30. The lowest BCUT2D eigenvalue weighted by atomic mass is 10.0. The lowest BCUT2D eigenvalue weighted by molar-refractivity contribution is -0.117. The summed E-state index contributed by atoms with van der Waals surface area (Å²) in [4.78, 5) is 15.0. The molecule has 0 bridgehead atoms. The molecule has 20 heavy (non-hydrogen) atoms. The number of thioether (sulfide) groups is 1. The summed E-state index contributed by atoms with van der Waals surface area (Å²) in [6.45, 7) is 3.79. The van der Waals surface area contributed by atoms with Gasteiger partial charge in [0.2, 0.25) is 5.91 Å². The normalized spacial score (nSPS) is 20.8. The van der Waals surface area contributed by atoms with Crippen molar-refractivity contribution in [2.75, 3.05) is 4.90 Å². The van der Waals surface area contributed by atoms with Crippen molar-refractivity contribution in [2.45, 2.75) is 30.0 Å². The zero-order valence-electron chi connectivity index (χ0n) is 11.7. The third-order valence-electron chi connectivity index (χ3n) is 3.60. The minimum absolute atomic E-state index is 0.0980. The number of hydrogen-bond acceptors (Lipinski definition) is 2. The summed E-state index contributed by atoms with van der Waals surface area (Å²) < 4.78 is 0. The van der Waals surface area contributed by atoms with Gasteiger partial charge in [0.05, 0.1) is 10.6 Å². The van der Waals surface area contributed by atoms with Crippen molar-refractivity contribution in [1.82, 2.24) is 0 Å². The summed E-state index contributed by atoms with van der Waals surface area (Å²) in [5, 5.41) is 0. The molecule has 0 aromatic heterocycles. The molecule has 0 saturated carbocycles. The molecule has 3 rings (SSSR count). The van der Waals surface area contributed by atoms with Crippen LogP contribution in [0.3, 0.4) is 0 Å². The van der Waals surface area contributed by atoms with E-state index in [1.165, 1.54) is 10.5 Å². The van der Waals surface area contributed by atoms with Crippen molar-refractivity contribution < 1.29 is 4.79 Å². The Morgan fingerprint density at radius 1 is 1.10 bits per heavy atom. The molecule has 0 aliphatic carbocycles. The summed E-state index contributed by atoms with van der Waals surface area (Å²) >= 11 is 1.77. The minimum Gasteiger partial charge on any atom is -0.296 e. The fraction of sp³-hybridized carbons (Fsp3) is 0.235. The molecule has 102 valence electrons. The molecular weight excluding hydrogens is 266 g/mol. The summed E-state index contributed by atoms with van der Waals surface area (Å²) in [5.41, 5.74) is 2.28. The molecule has 1 aliphatic rings. The van der Waals surface area contributed by atoms with E-state index < -0.39 is 0 Å². The standard InChI is InChI=1S/C17H17NOS/c1-13(19)18-15-10-6-7-11-16(15)20-17(18,2)12-14-8-4-3-5-9-14/h3-11H,12H2,1-2H3. The highest BCUT2D eigenvalue weighted by molar-refractivity contribution is 8.01. The topological polar surface area (TPSA) is 20.3 Å².